The Kier molecular flexibility index (Phi) is 5.35. The van der Waals surface area contributed by atoms with Crippen LogP contribution in [-0.2, 0) is 0 Å². The Balaban J connectivity index is 1.60. The lowest BCUT2D eigenvalue weighted by molar-refractivity contribution is 0.0937. The van der Waals surface area contributed by atoms with Crippen molar-refractivity contribution in [3.63, 3.8) is 0 Å². The van der Waals surface area contributed by atoms with Gasteiger partial charge in [-0.25, -0.2) is 8.78 Å². The molecule has 0 bridgehead atoms. The molecule has 1 N–H and O–H groups in total. The molecule has 0 saturated carbocycles. The molecule has 1 atom stereocenters. The fourth-order valence-corrected chi connectivity index (χ4v) is 3.96. The van der Waals surface area contributed by atoms with Crippen molar-refractivity contribution in [2.45, 2.75) is 18.9 Å². The van der Waals surface area contributed by atoms with Crippen molar-refractivity contribution in [2.75, 3.05) is 19.6 Å². The quantitative estimate of drug-likeness (QED) is 0.697. The van der Waals surface area contributed by atoms with Gasteiger partial charge in [0.25, 0.3) is 5.91 Å². The van der Waals surface area contributed by atoms with Crippen molar-refractivity contribution >= 4 is 16.7 Å². The first kappa shape index (κ1) is 18.6. The second-order valence-electron chi connectivity index (χ2n) is 7.17. The third-order valence-corrected chi connectivity index (χ3v) is 5.40. The molecule has 0 aliphatic carbocycles. The predicted molar refractivity (Wildman–Crippen MR) is 106 cm³/mol. The van der Waals surface area contributed by atoms with Gasteiger partial charge in [0.05, 0.1) is 6.04 Å². The SMILES string of the molecule is O=C(NC[C@H](c1cccc2ccccc12)N1CCCC1)c1ccc(F)c(F)c1. The first-order valence-electron chi connectivity index (χ1n) is 9.58. The zero-order valence-electron chi connectivity index (χ0n) is 15.5. The molecular weight excluding hydrogens is 358 g/mol. The number of fused-ring (bicyclic) bond motifs is 1. The first-order chi connectivity index (χ1) is 13.6. The van der Waals surface area contributed by atoms with E-state index >= 15 is 0 Å². The Morgan fingerprint density at radius 2 is 1.71 bits per heavy atom. The molecule has 1 amide bonds. The molecule has 3 nitrogen and oxygen atoms in total. The monoisotopic (exact) mass is 380 g/mol. The van der Waals surface area contributed by atoms with Crippen LogP contribution in [-0.4, -0.2) is 30.4 Å². The number of halogens is 2. The van der Waals surface area contributed by atoms with Crippen molar-refractivity contribution in [1.29, 1.82) is 0 Å². The molecule has 1 aliphatic heterocycles. The second kappa shape index (κ2) is 8.07. The van der Waals surface area contributed by atoms with Gasteiger partial charge in [-0.1, -0.05) is 42.5 Å². The first-order valence-corrected chi connectivity index (χ1v) is 9.58. The summed E-state index contributed by atoms with van der Waals surface area (Å²) in [4.78, 5) is 14.9. The van der Waals surface area contributed by atoms with Crippen LogP contribution in [0.5, 0.6) is 0 Å². The Labute approximate surface area is 163 Å². The molecule has 3 aromatic carbocycles. The molecule has 1 saturated heterocycles. The maximum absolute atomic E-state index is 13.5. The van der Waals surface area contributed by atoms with Crippen LogP contribution >= 0.6 is 0 Å². The Bertz CT molecular complexity index is 994. The summed E-state index contributed by atoms with van der Waals surface area (Å²) < 4.78 is 26.6. The molecule has 1 heterocycles. The number of hydrogen-bond acceptors (Lipinski definition) is 2. The maximum atomic E-state index is 13.5. The van der Waals surface area contributed by atoms with Crippen molar-refractivity contribution in [2.24, 2.45) is 0 Å². The van der Waals surface area contributed by atoms with Crippen molar-refractivity contribution < 1.29 is 13.6 Å². The van der Waals surface area contributed by atoms with Gasteiger partial charge in [0.15, 0.2) is 11.6 Å². The molecule has 5 heteroatoms. The lowest BCUT2D eigenvalue weighted by Gasteiger charge is -2.29. The van der Waals surface area contributed by atoms with Crippen molar-refractivity contribution in [1.82, 2.24) is 10.2 Å². The summed E-state index contributed by atoms with van der Waals surface area (Å²) in [6.45, 7) is 2.37. The normalized spacial score (nSPS) is 15.6. The minimum atomic E-state index is -1.02. The number of likely N-dealkylation sites (tertiary alicyclic amines) is 1. The van der Waals surface area contributed by atoms with Crippen LogP contribution in [0.2, 0.25) is 0 Å². The molecule has 144 valence electrons. The zero-order valence-corrected chi connectivity index (χ0v) is 15.5. The third kappa shape index (κ3) is 3.76. The highest BCUT2D eigenvalue weighted by atomic mass is 19.2. The number of carbonyl (C=O) groups is 1. The van der Waals surface area contributed by atoms with Crippen LogP contribution in [0.1, 0.15) is 34.8 Å². The van der Waals surface area contributed by atoms with Gasteiger partial charge < -0.3 is 5.32 Å². The zero-order chi connectivity index (χ0) is 19.5. The maximum Gasteiger partial charge on any atom is 0.251 e. The Morgan fingerprint density at radius 1 is 0.964 bits per heavy atom. The van der Waals surface area contributed by atoms with Gasteiger partial charge in [0.2, 0.25) is 0 Å². The van der Waals surface area contributed by atoms with E-state index in [0.29, 0.717) is 6.54 Å². The standard InChI is InChI=1S/C23H22F2N2O/c24-20-11-10-17(14-21(20)25)23(28)26-15-22(27-12-3-4-13-27)19-9-5-7-16-6-1-2-8-18(16)19/h1-2,5-11,14,22H,3-4,12-13,15H2,(H,26,28)/t22-/m1/s1. The largest absolute Gasteiger partial charge is 0.350 e. The number of hydrogen-bond donors (Lipinski definition) is 1. The summed E-state index contributed by atoms with van der Waals surface area (Å²) in [5.74, 6) is -2.37. The highest BCUT2D eigenvalue weighted by molar-refractivity contribution is 5.94. The second-order valence-corrected chi connectivity index (χ2v) is 7.17. The van der Waals surface area contributed by atoms with Crippen LogP contribution in [0.15, 0.2) is 60.7 Å². The summed E-state index contributed by atoms with van der Waals surface area (Å²) in [5, 5.41) is 5.25. The molecule has 1 aliphatic rings. The smallest absolute Gasteiger partial charge is 0.251 e. The van der Waals surface area contributed by atoms with Gasteiger partial charge in [-0.15, -0.1) is 0 Å². The number of amides is 1. The topological polar surface area (TPSA) is 32.3 Å². The van der Waals surface area contributed by atoms with Gasteiger partial charge in [0.1, 0.15) is 0 Å². The van der Waals surface area contributed by atoms with E-state index in [0.717, 1.165) is 43.5 Å². The molecule has 1 fully saturated rings. The van der Waals surface area contributed by atoms with E-state index < -0.39 is 17.5 Å². The average Bonchev–Trinajstić information content (AvgIpc) is 3.25. The van der Waals surface area contributed by atoms with Crippen LogP contribution in [0.4, 0.5) is 8.78 Å². The van der Waals surface area contributed by atoms with Gasteiger partial charge in [0, 0.05) is 12.1 Å². The summed E-state index contributed by atoms with van der Waals surface area (Å²) in [6.07, 6.45) is 2.27. The predicted octanol–water partition coefficient (Wildman–Crippen LogP) is 4.68. The highest BCUT2D eigenvalue weighted by Crippen LogP contribution is 2.30. The minimum Gasteiger partial charge on any atom is -0.350 e. The van der Waals surface area contributed by atoms with E-state index in [1.165, 1.54) is 17.0 Å². The molecule has 0 unspecified atom stereocenters. The lowest BCUT2D eigenvalue weighted by atomic mass is 9.97. The molecule has 0 radical (unpaired) electrons. The van der Waals surface area contributed by atoms with Crippen molar-refractivity contribution in [3.8, 4) is 0 Å². The third-order valence-electron chi connectivity index (χ3n) is 5.40. The fraction of sp³-hybridized carbons (Fsp3) is 0.261. The van der Waals surface area contributed by atoms with E-state index in [9.17, 15) is 13.6 Å². The van der Waals surface area contributed by atoms with Gasteiger partial charge >= 0.3 is 0 Å². The van der Waals surface area contributed by atoms with E-state index in [-0.39, 0.29) is 11.6 Å². The molecule has 0 spiro atoms. The summed E-state index contributed by atoms with van der Waals surface area (Å²) in [6, 6.07) is 17.7. The minimum absolute atomic E-state index is 0.0304. The number of rotatable bonds is 5. The number of nitrogens with zero attached hydrogens (tertiary/aromatic N) is 1. The van der Waals surface area contributed by atoms with Crippen LogP contribution in [0.3, 0.4) is 0 Å². The number of benzene rings is 3. The number of nitrogens with one attached hydrogen (secondary N) is 1. The van der Waals surface area contributed by atoms with E-state index in [1.807, 2.05) is 18.2 Å². The Hall–Kier alpha value is -2.79. The Morgan fingerprint density at radius 3 is 2.50 bits per heavy atom. The van der Waals surface area contributed by atoms with E-state index in [4.69, 9.17) is 0 Å². The summed E-state index contributed by atoms with van der Waals surface area (Å²) >= 11 is 0. The van der Waals surface area contributed by atoms with E-state index in [2.05, 4.69) is 34.5 Å². The van der Waals surface area contributed by atoms with Crippen LogP contribution in [0.25, 0.3) is 10.8 Å². The lowest BCUT2D eigenvalue weighted by Crippen LogP contribution is -2.37. The van der Waals surface area contributed by atoms with Crippen LogP contribution < -0.4 is 5.32 Å². The van der Waals surface area contributed by atoms with Gasteiger partial charge in [-0.2, -0.15) is 0 Å². The summed E-state index contributed by atoms with van der Waals surface area (Å²) in [5.41, 5.74) is 1.29. The number of carbonyl (C=O) groups excluding carboxylic acids is 1. The van der Waals surface area contributed by atoms with Gasteiger partial charge in [-0.05, 0) is 60.5 Å². The average molecular weight is 380 g/mol. The van der Waals surface area contributed by atoms with Crippen molar-refractivity contribution in [3.05, 3.63) is 83.4 Å². The molecule has 3 aromatic rings. The molecule has 28 heavy (non-hydrogen) atoms. The molecule has 4 rings (SSSR count). The fourth-order valence-electron chi connectivity index (χ4n) is 3.96. The molecular formula is C23H22F2N2O. The molecule has 0 aromatic heterocycles. The highest BCUT2D eigenvalue weighted by Gasteiger charge is 2.25. The van der Waals surface area contributed by atoms with E-state index in [1.54, 1.807) is 0 Å². The van der Waals surface area contributed by atoms with Crippen LogP contribution in [0, 0.1) is 11.6 Å². The summed E-state index contributed by atoms with van der Waals surface area (Å²) in [7, 11) is 0. The van der Waals surface area contributed by atoms with Gasteiger partial charge in [-0.3, -0.25) is 9.69 Å².